The second kappa shape index (κ2) is 4.83. The van der Waals surface area contributed by atoms with Crippen molar-refractivity contribution in [3.63, 3.8) is 0 Å². The van der Waals surface area contributed by atoms with Gasteiger partial charge < -0.3 is 10.5 Å². The maximum Gasteiger partial charge on any atom is 0.120 e. The molecule has 2 nitrogen and oxygen atoms in total. The normalized spacial score (nSPS) is 17.5. The van der Waals surface area contributed by atoms with Gasteiger partial charge in [-0.05, 0) is 41.7 Å². The predicted molar refractivity (Wildman–Crippen MR) is 72.6 cm³/mol. The van der Waals surface area contributed by atoms with Crippen LogP contribution in [0.2, 0.25) is 0 Å². The number of ether oxygens (including phenoxy) is 1. The topological polar surface area (TPSA) is 35.2 Å². The Hall–Kier alpha value is -1.80. The van der Waals surface area contributed by atoms with E-state index in [1.165, 1.54) is 16.7 Å². The van der Waals surface area contributed by atoms with Crippen LogP contribution in [0.25, 0.3) is 0 Å². The van der Waals surface area contributed by atoms with E-state index in [9.17, 15) is 0 Å². The summed E-state index contributed by atoms with van der Waals surface area (Å²) in [4.78, 5) is 0. The number of hydrogen-bond donors (Lipinski definition) is 1. The van der Waals surface area contributed by atoms with Crippen molar-refractivity contribution in [2.24, 2.45) is 5.73 Å². The summed E-state index contributed by atoms with van der Waals surface area (Å²) in [6, 6.07) is 16.8. The van der Waals surface area contributed by atoms with E-state index >= 15 is 0 Å². The molecule has 0 fully saturated rings. The second-order valence-electron chi connectivity index (χ2n) is 4.87. The number of nitrogens with two attached hydrogens (primary N) is 1. The number of hydrogen-bond acceptors (Lipinski definition) is 2. The molecule has 0 aliphatic heterocycles. The average Bonchev–Trinajstić information content (AvgIpc) is 2.77. The molecule has 0 saturated heterocycles. The smallest absolute Gasteiger partial charge is 0.120 e. The van der Waals surface area contributed by atoms with Crippen molar-refractivity contribution < 1.29 is 4.74 Å². The van der Waals surface area contributed by atoms with Gasteiger partial charge in [0.15, 0.2) is 0 Å². The quantitative estimate of drug-likeness (QED) is 0.893. The fraction of sp³-hybridized carbons (Fsp3) is 0.250. The Labute approximate surface area is 107 Å². The van der Waals surface area contributed by atoms with Crippen LogP contribution in [0, 0.1) is 0 Å². The second-order valence-corrected chi connectivity index (χ2v) is 4.87. The van der Waals surface area contributed by atoms with Crippen LogP contribution in [0.4, 0.5) is 0 Å². The fourth-order valence-electron chi connectivity index (χ4n) is 2.46. The Bertz CT molecular complexity index is 536. The maximum atomic E-state index is 5.96. The molecule has 1 aliphatic carbocycles. The standard InChI is InChI=1S/C16H17NO/c17-15-8-13-6-7-16(10-14(13)9-15)18-11-12-4-2-1-3-5-12/h1-7,10,15H,8-9,11,17H2. The lowest BCUT2D eigenvalue weighted by Gasteiger charge is -2.08. The van der Waals surface area contributed by atoms with E-state index < -0.39 is 0 Å². The lowest BCUT2D eigenvalue weighted by molar-refractivity contribution is 0.306. The summed E-state index contributed by atoms with van der Waals surface area (Å²) in [7, 11) is 0. The van der Waals surface area contributed by atoms with E-state index in [1.807, 2.05) is 24.3 Å². The van der Waals surface area contributed by atoms with E-state index in [0.717, 1.165) is 18.6 Å². The fourth-order valence-corrected chi connectivity index (χ4v) is 2.46. The average molecular weight is 239 g/mol. The number of benzene rings is 2. The van der Waals surface area contributed by atoms with Crippen LogP contribution in [-0.2, 0) is 19.4 Å². The van der Waals surface area contributed by atoms with Crippen molar-refractivity contribution in [2.75, 3.05) is 0 Å². The highest BCUT2D eigenvalue weighted by Crippen LogP contribution is 2.26. The van der Waals surface area contributed by atoms with Gasteiger partial charge in [0.05, 0.1) is 0 Å². The molecule has 2 aromatic rings. The molecule has 0 spiro atoms. The highest BCUT2D eigenvalue weighted by atomic mass is 16.5. The summed E-state index contributed by atoms with van der Waals surface area (Å²) in [5.41, 5.74) is 9.86. The summed E-state index contributed by atoms with van der Waals surface area (Å²) in [6.07, 6.45) is 1.96. The van der Waals surface area contributed by atoms with Crippen molar-refractivity contribution in [3.8, 4) is 5.75 Å². The molecule has 18 heavy (non-hydrogen) atoms. The molecule has 2 N–H and O–H groups in total. The molecule has 0 bridgehead atoms. The van der Waals surface area contributed by atoms with Gasteiger partial charge in [0.2, 0.25) is 0 Å². The Morgan fingerprint density at radius 3 is 2.61 bits per heavy atom. The molecule has 0 aromatic heterocycles. The van der Waals surface area contributed by atoms with Gasteiger partial charge >= 0.3 is 0 Å². The molecule has 2 heteroatoms. The first-order chi connectivity index (χ1) is 8.81. The summed E-state index contributed by atoms with van der Waals surface area (Å²) < 4.78 is 5.81. The van der Waals surface area contributed by atoms with Crippen LogP contribution >= 0.6 is 0 Å². The molecule has 0 radical (unpaired) electrons. The third kappa shape index (κ3) is 2.39. The molecule has 2 aromatic carbocycles. The predicted octanol–water partition coefficient (Wildman–Crippen LogP) is 2.69. The monoisotopic (exact) mass is 239 g/mol. The number of rotatable bonds is 3. The molecule has 1 atom stereocenters. The van der Waals surface area contributed by atoms with Crippen LogP contribution < -0.4 is 10.5 Å². The minimum absolute atomic E-state index is 0.282. The summed E-state index contributed by atoms with van der Waals surface area (Å²) in [5, 5.41) is 0. The van der Waals surface area contributed by atoms with Gasteiger partial charge in [-0.3, -0.25) is 0 Å². The van der Waals surface area contributed by atoms with Crippen molar-refractivity contribution in [1.82, 2.24) is 0 Å². The van der Waals surface area contributed by atoms with Crippen LogP contribution in [0.15, 0.2) is 48.5 Å². The SMILES string of the molecule is NC1Cc2ccc(OCc3ccccc3)cc2C1. The molecule has 92 valence electrons. The van der Waals surface area contributed by atoms with Crippen molar-refractivity contribution in [1.29, 1.82) is 0 Å². The molecule has 0 saturated carbocycles. The zero-order chi connectivity index (χ0) is 12.4. The van der Waals surface area contributed by atoms with Gasteiger partial charge in [-0.1, -0.05) is 36.4 Å². The highest BCUT2D eigenvalue weighted by molar-refractivity contribution is 5.40. The van der Waals surface area contributed by atoms with E-state index in [1.54, 1.807) is 0 Å². The zero-order valence-corrected chi connectivity index (χ0v) is 10.3. The van der Waals surface area contributed by atoms with Crippen LogP contribution in [0.3, 0.4) is 0 Å². The minimum atomic E-state index is 0.282. The minimum Gasteiger partial charge on any atom is -0.489 e. The first kappa shape index (κ1) is 11.3. The van der Waals surface area contributed by atoms with Crippen LogP contribution in [0.1, 0.15) is 16.7 Å². The third-order valence-electron chi connectivity index (χ3n) is 3.39. The molecule has 1 unspecified atom stereocenters. The van der Waals surface area contributed by atoms with E-state index in [0.29, 0.717) is 6.61 Å². The molecule has 3 rings (SSSR count). The largest absolute Gasteiger partial charge is 0.489 e. The van der Waals surface area contributed by atoms with Crippen molar-refractivity contribution in [3.05, 3.63) is 65.2 Å². The lowest BCUT2D eigenvalue weighted by atomic mass is 10.1. The van der Waals surface area contributed by atoms with Gasteiger partial charge in [0.1, 0.15) is 12.4 Å². The third-order valence-corrected chi connectivity index (χ3v) is 3.39. The first-order valence-electron chi connectivity index (χ1n) is 6.35. The Morgan fingerprint density at radius 1 is 1.00 bits per heavy atom. The molecular weight excluding hydrogens is 222 g/mol. The molecule has 0 heterocycles. The van der Waals surface area contributed by atoms with E-state index in [-0.39, 0.29) is 6.04 Å². The zero-order valence-electron chi connectivity index (χ0n) is 10.3. The maximum absolute atomic E-state index is 5.96. The Kier molecular flexibility index (Phi) is 3.03. The van der Waals surface area contributed by atoms with Gasteiger partial charge in [0.25, 0.3) is 0 Å². The van der Waals surface area contributed by atoms with Gasteiger partial charge in [-0.2, -0.15) is 0 Å². The summed E-state index contributed by atoms with van der Waals surface area (Å²) in [5.74, 6) is 0.937. The Morgan fingerprint density at radius 2 is 1.78 bits per heavy atom. The number of fused-ring (bicyclic) bond motifs is 1. The lowest BCUT2D eigenvalue weighted by Crippen LogP contribution is -2.18. The highest BCUT2D eigenvalue weighted by Gasteiger charge is 2.18. The van der Waals surface area contributed by atoms with Crippen molar-refractivity contribution >= 4 is 0 Å². The van der Waals surface area contributed by atoms with Crippen LogP contribution in [0.5, 0.6) is 5.75 Å². The van der Waals surface area contributed by atoms with Crippen LogP contribution in [-0.4, -0.2) is 6.04 Å². The first-order valence-corrected chi connectivity index (χ1v) is 6.35. The summed E-state index contributed by atoms with van der Waals surface area (Å²) in [6.45, 7) is 0.617. The molecular formula is C16H17NO. The van der Waals surface area contributed by atoms with E-state index in [4.69, 9.17) is 10.5 Å². The molecule has 0 amide bonds. The van der Waals surface area contributed by atoms with Gasteiger partial charge in [-0.25, -0.2) is 0 Å². The van der Waals surface area contributed by atoms with Gasteiger partial charge in [-0.15, -0.1) is 0 Å². The van der Waals surface area contributed by atoms with Gasteiger partial charge in [0, 0.05) is 6.04 Å². The molecule has 1 aliphatic rings. The van der Waals surface area contributed by atoms with Crippen molar-refractivity contribution in [2.45, 2.75) is 25.5 Å². The Balaban J connectivity index is 1.69. The summed E-state index contributed by atoms with van der Waals surface area (Å²) >= 11 is 0. The van der Waals surface area contributed by atoms with E-state index in [2.05, 4.69) is 24.3 Å².